The van der Waals surface area contributed by atoms with Gasteiger partial charge in [-0.2, -0.15) is 0 Å². The predicted octanol–water partition coefficient (Wildman–Crippen LogP) is 3.50. The smallest absolute Gasteiger partial charge is 0.275 e. The van der Waals surface area contributed by atoms with E-state index >= 15 is 0 Å². The number of oxazole rings is 1. The maximum absolute atomic E-state index is 12.4. The van der Waals surface area contributed by atoms with Crippen molar-refractivity contribution in [2.75, 3.05) is 13.1 Å². The Morgan fingerprint density at radius 3 is 2.64 bits per heavy atom. The van der Waals surface area contributed by atoms with Gasteiger partial charge in [-0.1, -0.05) is 18.2 Å². The van der Waals surface area contributed by atoms with Crippen molar-refractivity contribution in [3.05, 3.63) is 64.2 Å². The Labute approximate surface area is 167 Å². The predicted molar refractivity (Wildman–Crippen MR) is 107 cm³/mol. The normalized spacial score (nSPS) is 13.6. The minimum absolute atomic E-state index is 0.00398. The van der Waals surface area contributed by atoms with E-state index in [1.165, 1.54) is 6.26 Å². The third-order valence-corrected chi connectivity index (χ3v) is 5.60. The zero-order valence-corrected chi connectivity index (χ0v) is 16.2. The minimum atomic E-state index is -0.0717. The topological polar surface area (TPSA) is 75.4 Å². The average molecular weight is 395 g/mol. The molecule has 6 nitrogen and oxygen atoms in total. The number of nitrogens with zero attached hydrogens (tertiary/aromatic N) is 2. The first-order valence-electron chi connectivity index (χ1n) is 9.32. The Hall–Kier alpha value is -2.93. The monoisotopic (exact) mass is 395 g/mol. The first-order chi connectivity index (χ1) is 13.7. The summed E-state index contributed by atoms with van der Waals surface area (Å²) in [5, 5.41) is 4.89. The zero-order valence-electron chi connectivity index (χ0n) is 15.4. The molecule has 1 aliphatic rings. The molecule has 3 aromatic rings. The lowest BCUT2D eigenvalue weighted by Gasteiger charge is -2.12. The highest BCUT2D eigenvalue weighted by Gasteiger charge is 2.22. The van der Waals surface area contributed by atoms with Gasteiger partial charge >= 0.3 is 0 Å². The van der Waals surface area contributed by atoms with Crippen LogP contribution in [0.2, 0.25) is 0 Å². The molecule has 0 spiro atoms. The summed E-state index contributed by atoms with van der Waals surface area (Å²) in [7, 11) is 0. The molecule has 1 fully saturated rings. The Balaban J connectivity index is 1.34. The summed E-state index contributed by atoms with van der Waals surface area (Å²) in [6.45, 7) is 2.04. The summed E-state index contributed by atoms with van der Waals surface area (Å²) in [6, 6.07) is 11.5. The Kier molecular flexibility index (Phi) is 5.53. The molecular formula is C21H21N3O3S. The van der Waals surface area contributed by atoms with E-state index in [-0.39, 0.29) is 11.8 Å². The van der Waals surface area contributed by atoms with Gasteiger partial charge in [0.15, 0.2) is 5.69 Å². The fraction of sp³-hybridized carbons (Fsp3) is 0.286. The highest BCUT2D eigenvalue weighted by Crippen LogP contribution is 2.21. The first kappa shape index (κ1) is 18.4. The number of rotatable bonds is 6. The van der Waals surface area contributed by atoms with E-state index in [4.69, 9.17) is 4.42 Å². The van der Waals surface area contributed by atoms with Crippen molar-refractivity contribution in [1.29, 1.82) is 0 Å². The Morgan fingerprint density at radius 2 is 1.93 bits per heavy atom. The van der Waals surface area contributed by atoms with Crippen molar-refractivity contribution < 1.29 is 14.0 Å². The molecule has 0 saturated carbocycles. The molecule has 0 unspecified atom stereocenters. The van der Waals surface area contributed by atoms with Crippen molar-refractivity contribution in [2.24, 2.45) is 0 Å². The summed E-state index contributed by atoms with van der Waals surface area (Å²) >= 11 is 1.58. The van der Waals surface area contributed by atoms with E-state index in [1.807, 2.05) is 46.7 Å². The lowest BCUT2D eigenvalue weighted by molar-refractivity contribution is -0.120. The van der Waals surface area contributed by atoms with Gasteiger partial charge in [0.2, 0.25) is 11.8 Å². The standard InChI is InChI=1S/C21H21N3O3S/c25-19(12-17-4-3-11-28-17)22-13-15-5-7-16(8-6-15)20-23-18(14-27-20)21(26)24-9-1-2-10-24/h3-8,11,14H,1-2,9-10,12-13H2,(H,22,25). The number of thiophene rings is 1. The maximum Gasteiger partial charge on any atom is 0.275 e. The van der Waals surface area contributed by atoms with E-state index < -0.39 is 0 Å². The number of amides is 2. The number of aromatic nitrogens is 1. The minimum Gasteiger partial charge on any atom is -0.444 e. The van der Waals surface area contributed by atoms with Crippen molar-refractivity contribution in [3.8, 4) is 11.5 Å². The zero-order chi connectivity index (χ0) is 19.3. The molecule has 1 saturated heterocycles. The summed E-state index contributed by atoms with van der Waals surface area (Å²) in [5.74, 6) is 0.359. The fourth-order valence-corrected chi connectivity index (χ4v) is 3.89. The first-order valence-corrected chi connectivity index (χ1v) is 10.2. The molecule has 4 rings (SSSR count). The second-order valence-corrected chi connectivity index (χ2v) is 7.80. The Morgan fingerprint density at radius 1 is 1.14 bits per heavy atom. The quantitative estimate of drug-likeness (QED) is 0.693. The van der Waals surface area contributed by atoms with Gasteiger partial charge in [-0.05, 0) is 42.0 Å². The fourth-order valence-electron chi connectivity index (χ4n) is 3.19. The van der Waals surface area contributed by atoms with Crippen LogP contribution in [0.1, 0.15) is 33.8 Å². The van der Waals surface area contributed by atoms with E-state index in [2.05, 4.69) is 10.3 Å². The highest BCUT2D eigenvalue weighted by atomic mass is 32.1. The Bertz CT molecular complexity index is 942. The van der Waals surface area contributed by atoms with Crippen LogP contribution in [0.4, 0.5) is 0 Å². The molecular weight excluding hydrogens is 374 g/mol. The number of carbonyl (C=O) groups is 2. The molecule has 28 heavy (non-hydrogen) atoms. The molecule has 0 aliphatic carbocycles. The molecule has 0 bridgehead atoms. The molecule has 3 heterocycles. The molecule has 0 atom stereocenters. The molecule has 1 aromatic carbocycles. The largest absolute Gasteiger partial charge is 0.444 e. The number of benzene rings is 1. The summed E-state index contributed by atoms with van der Waals surface area (Å²) in [4.78, 5) is 31.6. The van der Waals surface area contributed by atoms with Crippen LogP contribution in [0.5, 0.6) is 0 Å². The van der Waals surface area contributed by atoms with Crippen molar-refractivity contribution in [3.63, 3.8) is 0 Å². The molecule has 2 amide bonds. The summed E-state index contributed by atoms with van der Waals surface area (Å²) < 4.78 is 5.50. The number of carbonyl (C=O) groups excluding carboxylic acids is 2. The molecule has 144 valence electrons. The molecule has 2 aromatic heterocycles. The molecule has 1 N–H and O–H groups in total. The van der Waals surface area contributed by atoms with Crippen LogP contribution >= 0.6 is 11.3 Å². The summed E-state index contributed by atoms with van der Waals surface area (Å²) in [6.07, 6.45) is 3.91. The van der Waals surface area contributed by atoms with E-state index in [9.17, 15) is 9.59 Å². The lowest BCUT2D eigenvalue weighted by Crippen LogP contribution is -2.27. The number of likely N-dealkylation sites (tertiary alicyclic amines) is 1. The van der Waals surface area contributed by atoms with Gasteiger partial charge in [-0.25, -0.2) is 4.98 Å². The number of hydrogen-bond donors (Lipinski definition) is 1. The van der Waals surface area contributed by atoms with Crippen molar-refractivity contribution >= 4 is 23.2 Å². The van der Waals surface area contributed by atoms with Crippen LogP contribution in [-0.4, -0.2) is 34.8 Å². The van der Waals surface area contributed by atoms with Gasteiger partial charge in [0.05, 0.1) is 6.42 Å². The van der Waals surface area contributed by atoms with Crippen LogP contribution in [0.25, 0.3) is 11.5 Å². The molecule has 7 heteroatoms. The highest BCUT2D eigenvalue weighted by molar-refractivity contribution is 7.10. The van der Waals surface area contributed by atoms with Crippen molar-refractivity contribution in [2.45, 2.75) is 25.8 Å². The average Bonchev–Trinajstić information content (AvgIpc) is 3.49. The summed E-state index contributed by atoms with van der Waals surface area (Å²) in [5.41, 5.74) is 2.14. The third kappa shape index (κ3) is 4.31. The SMILES string of the molecule is O=C(Cc1cccs1)NCc1ccc(-c2nc(C(=O)N3CCCC3)co2)cc1. The van der Waals surface area contributed by atoms with Crippen LogP contribution in [0, 0.1) is 0 Å². The molecule has 1 aliphatic heterocycles. The van der Waals surface area contributed by atoms with Crippen LogP contribution < -0.4 is 5.32 Å². The van der Waals surface area contributed by atoms with Crippen LogP contribution in [-0.2, 0) is 17.8 Å². The number of hydrogen-bond acceptors (Lipinski definition) is 5. The number of nitrogens with one attached hydrogen (secondary N) is 1. The van der Waals surface area contributed by atoms with Gasteiger partial charge in [-0.15, -0.1) is 11.3 Å². The second kappa shape index (κ2) is 8.39. The van der Waals surface area contributed by atoms with Gasteiger partial charge in [0.1, 0.15) is 6.26 Å². The lowest BCUT2D eigenvalue weighted by atomic mass is 10.1. The molecule has 0 radical (unpaired) electrons. The van der Waals surface area contributed by atoms with Gasteiger partial charge < -0.3 is 14.6 Å². The third-order valence-electron chi connectivity index (χ3n) is 4.72. The van der Waals surface area contributed by atoms with Gasteiger partial charge in [-0.3, -0.25) is 9.59 Å². The maximum atomic E-state index is 12.4. The van der Waals surface area contributed by atoms with Crippen LogP contribution in [0.15, 0.2) is 52.5 Å². The van der Waals surface area contributed by atoms with Gasteiger partial charge in [0, 0.05) is 30.1 Å². The van der Waals surface area contributed by atoms with E-state index in [0.717, 1.165) is 41.9 Å². The van der Waals surface area contributed by atoms with Gasteiger partial charge in [0.25, 0.3) is 5.91 Å². The van der Waals surface area contributed by atoms with Crippen molar-refractivity contribution in [1.82, 2.24) is 15.2 Å². The van der Waals surface area contributed by atoms with E-state index in [1.54, 1.807) is 11.3 Å². The van der Waals surface area contributed by atoms with Crippen LogP contribution in [0.3, 0.4) is 0 Å². The van der Waals surface area contributed by atoms with E-state index in [0.29, 0.717) is 24.6 Å². The second-order valence-electron chi connectivity index (χ2n) is 6.77.